The Kier molecular flexibility index (Phi) is 4.42. The number of aromatic nitrogens is 2. The van der Waals surface area contributed by atoms with E-state index in [4.69, 9.17) is 9.47 Å². The molecule has 7 heteroatoms. The Morgan fingerprint density at radius 2 is 1.92 bits per heavy atom. The van der Waals surface area contributed by atoms with Gasteiger partial charge < -0.3 is 9.47 Å². The first kappa shape index (κ1) is 15.5. The van der Waals surface area contributed by atoms with Gasteiger partial charge in [0.1, 0.15) is 0 Å². The molecule has 122 valence electrons. The second-order valence-corrected chi connectivity index (χ2v) is 4.92. The van der Waals surface area contributed by atoms with Crippen LogP contribution in [-0.2, 0) is 0 Å². The number of hydrogen-bond acceptors (Lipinski definition) is 6. The van der Waals surface area contributed by atoms with Crippen molar-refractivity contribution in [3.05, 3.63) is 58.4 Å². The average molecular weight is 324 g/mol. The first-order chi connectivity index (χ1) is 11.7. The first-order valence-electron chi connectivity index (χ1n) is 7.21. The quantitative estimate of drug-likeness (QED) is 0.556. The lowest BCUT2D eigenvalue weighted by Gasteiger charge is -2.07. The van der Waals surface area contributed by atoms with Gasteiger partial charge in [0.05, 0.1) is 31.3 Å². The number of para-hydroxylation sites is 1. The van der Waals surface area contributed by atoms with Crippen LogP contribution in [0.2, 0.25) is 0 Å². The van der Waals surface area contributed by atoms with Gasteiger partial charge in [-0.3, -0.25) is 9.78 Å². The van der Waals surface area contributed by atoms with Crippen LogP contribution in [-0.4, -0.2) is 30.4 Å². The molecule has 24 heavy (non-hydrogen) atoms. The molecule has 0 aliphatic rings. The molecule has 0 fully saturated rings. The second-order valence-electron chi connectivity index (χ2n) is 4.92. The van der Waals surface area contributed by atoms with Crippen LogP contribution in [0.25, 0.3) is 10.9 Å². The van der Waals surface area contributed by atoms with Crippen molar-refractivity contribution in [3.8, 4) is 11.5 Å². The van der Waals surface area contributed by atoms with E-state index in [1.165, 1.54) is 0 Å². The summed E-state index contributed by atoms with van der Waals surface area (Å²) in [6, 6.07) is 12.5. The lowest BCUT2D eigenvalue weighted by Crippen LogP contribution is -2.10. The highest BCUT2D eigenvalue weighted by atomic mass is 16.5. The second kappa shape index (κ2) is 6.82. The third-order valence-electron chi connectivity index (χ3n) is 3.40. The molecule has 1 aromatic heterocycles. The number of nitrogens with zero attached hydrogens (tertiary/aromatic N) is 2. The lowest BCUT2D eigenvalue weighted by atomic mass is 10.2. The van der Waals surface area contributed by atoms with Gasteiger partial charge in [0.25, 0.3) is 5.56 Å². The van der Waals surface area contributed by atoms with Gasteiger partial charge in [0.2, 0.25) is 5.95 Å². The largest absolute Gasteiger partial charge is 0.493 e. The van der Waals surface area contributed by atoms with E-state index in [1.807, 2.05) is 12.1 Å². The molecule has 0 spiro atoms. The Bertz CT molecular complexity index is 950. The summed E-state index contributed by atoms with van der Waals surface area (Å²) >= 11 is 0. The molecule has 0 saturated carbocycles. The highest BCUT2D eigenvalue weighted by molar-refractivity contribution is 5.82. The number of H-pyrrole nitrogens is 1. The summed E-state index contributed by atoms with van der Waals surface area (Å²) in [5.74, 6) is 1.53. The van der Waals surface area contributed by atoms with Crippen LogP contribution < -0.4 is 20.5 Å². The first-order valence-corrected chi connectivity index (χ1v) is 7.21. The Labute approximate surface area is 138 Å². The van der Waals surface area contributed by atoms with E-state index < -0.39 is 0 Å². The maximum absolute atomic E-state index is 12.0. The van der Waals surface area contributed by atoms with E-state index in [2.05, 4.69) is 20.5 Å². The van der Waals surface area contributed by atoms with Gasteiger partial charge in [0.15, 0.2) is 11.5 Å². The molecule has 0 bridgehead atoms. The van der Waals surface area contributed by atoms with Crippen molar-refractivity contribution in [3.63, 3.8) is 0 Å². The van der Waals surface area contributed by atoms with Gasteiger partial charge in [-0.05, 0) is 35.9 Å². The number of benzene rings is 2. The van der Waals surface area contributed by atoms with Gasteiger partial charge in [0, 0.05) is 0 Å². The normalized spacial score (nSPS) is 10.9. The molecule has 3 aromatic rings. The van der Waals surface area contributed by atoms with Gasteiger partial charge in [-0.25, -0.2) is 10.4 Å². The van der Waals surface area contributed by atoms with Crippen LogP contribution in [0.1, 0.15) is 5.56 Å². The van der Waals surface area contributed by atoms with Crippen LogP contribution in [0, 0.1) is 0 Å². The number of rotatable bonds is 5. The van der Waals surface area contributed by atoms with E-state index in [-0.39, 0.29) is 11.5 Å². The van der Waals surface area contributed by atoms with Crippen molar-refractivity contribution in [2.75, 3.05) is 19.6 Å². The number of methoxy groups -OCH3 is 2. The van der Waals surface area contributed by atoms with Crippen molar-refractivity contribution in [2.45, 2.75) is 0 Å². The number of anilines is 1. The molecular weight excluding hydrogens is 308 g/mol. The molecule has 7 nitrogen and oxygen atoms in total. The molecule has 0 saturated heterocycles. The molecule has 0 aliphatic heterocycles. The Morgan fingerprint density at radius 1 is 1.12 bits per heavy atom. The fourth-order valence-electron chi connectivity index (χ4n) is 2.24. The number of hydrazone groups is 1. The van der Waals surface area contributed by atoms with Gasteiger partial charge >= 0.3 is 0 Å². The van der Waals surface area contributed by atoms with Gasteiger partial charge in [-0.2, -0.15) is 5.10 Å². The number of aromatic amines is 1. The molecule has 2 N–H and O–H groups in total. The average Bonchev–Trinajstić information content (AvgIpc) is 2.61. The zero-order valence-electron chi connectivity index (χ0n) is 13.2. The molecule has 0 radical (unpaired) electrons. The lowest BCUT2D eigenvalue weighted by molar-refractivity contribution is 0.355. The summed E-state index contributed by atoms with van der Waals surface area (Å²) in [7, 11) is 3.15. The number of fused-ring (bicyclic) bond motifs is 1. The highest BCUT2D eigenvalue weighted by Gasteiger charge is 2.04. The summed E-state index contributed by atoms with van der Waals surface area (Å²) in [6.45, 7) is 0. The SMILES string of the molecule is COc1ccc(/C=N\Nc2nc3ccccc3c(=O)[nH]2)cc1OC. The number of ether oxygens (including phenoxy) is 2. The standard InChI is InChI=1S/C17H16N4O3/c1-23-14-8-7-11(9-15(14)24-2)10-18-21-17-19-13-6-4-3-5-12(13)16(22)20-17/h3-10H,1-2H3,(H2,19,20,21,22)/b18-10-. The van der Waals surface area contributed by atoms with Crippen molar-refractivity contribution in [1.82, 2.24) is 9.97 Å². The van der Waals surface area contributed by atoms with Crippen molar-refractivity contribution < 1.29 is 9.47 Å². The summed E-state index contributed by atoms with van der Waals surface area (Å²) < 4.78 is 10.4. The van der Waals surface area contributed by atoms with E-state index in [9.17, 15) is 4.79 Å². The molecule has 1 heterocycles. The van der Waals surface area contributed by atoms with Crippen LogP contribution in [0.15, 0.2) is 52.4 Å². The molecule has 3 rings (SSSR count). The van der Waals surface area contributed by atoms with Gasteiger partial charge in [-0.1, -0.05) is 12.1 Å². The van der Waals surface area contributed by atoms with Crippen LogP contribution in [0.3, 0.4) is 0 Å². The zero-order valence-corrected chi connectivity index (χ0v) is 13.2. The Morgan fingerprint density at radius 3 is 2.71 bits per heavy atom. The third-order valence-corrected chi connectivity index (χ3v) is 3.40. The molecular formula is C17H16N4O3. The zero-order chi connectivity index (χ0) is 16.9. The third kappa shape index (κ3) is 3.19. The predicted octanol–water partition coefficient (Wildman–Crippen LogP) is 2.39. The molecule has 0 unspecified atom stereocenters. The maximum atomic E-state index is 12.0. The van der Waals surface area contributed by atoms with Crippen LogP contribution in [0.5, 0.6) is 11.5 Å². The van der Waals surface area contributed by atoms with Crippen LogP contribution in [0.4, 0.5) is 5.95 Å². The van der Waals surface area contributed by atoms with E-state index >= 15 is 0 Å². The van der Waals surface area contributed by atoms with Crippen molar-refractivity contribution >= 4 is 23.1 Å². The summed E-state index contributed by atoms with van der Waals surface area (Å²) in [5.41, 5.74) is 3.92. The van der Waals surface area contributed by atoms with E-state index in [0.29, 0.717) is 22.4 Å². The topological polar surface area (TPSA) is 88.6 Å². The summed E-state index contributed by atoms with van der Waals surface area (Å²) in [5, 5.41) is 4.62. The molecule has 0 aliphatic carbocycles. The van der Waals surface area contributed by atoms with Crippen molar-refractivity contribution in [1.29, 1.82) is 0 Å². The molecule has 2 aromatic carbocycles. The Balaban J connectivity index is 1.80. The fraction of sp³-hybridized carbons (Fsp3) is 0.118. The van der Waals surface area contributed by atoms with Crippen molar-refractivity contribution in [2.24, 2.45) is 5.10 Å². The minimum Gasteiger partial charge on any atom is -0.493 e. The van der Waals surface area contributed by atoms with Gasteiger partial charge in [-0.15, -0.1) is 0 Å². The highest BCUT2D eigenvalue weighted by Crippen LogP contribution is 2.26. The minimum atomic E-state index is -0.218. The smallest absolute Gasteiger partial charge is 0.260 e. The molecule has 0 atom stereocenters. The Hall–Kier alpha value is -3.35. The van der Waals surface area contributed by atoms with Crippen LogP contribution >= 0.6 is 0 Å². The maximum Gasteiger partial charge on any atom is 0.260 e. The fourth-order valence-corrected chi connectivity index (χ4v) is 2.24. The monoisotopic (exact) mass is 324 g/mol. The number of hydrogen-bond donors (Lipinski definition) is 2. The minimum absolute atomic E-state index is 0.218. The van der Waals surface area contributed by atoms with E-state index in [0.717, 1.165) is 5.56 Å². The van der Waals surface area contributed by atoms with E-state index in [1.54, 1.807) is 50.8 Å². The molecule has 0 amide bonds. The summed E-state index contributed by atoms with van der Waals surface area (Å²) in [6.07, 6.45) is 1.59. The summed E-state index contributed by atoms with van der Waals surface area (Å²) in [4.78, 5) is 18.9. The number of nitrogens with one attached hydrogen (secondary N) is 2. The predicted molar refractivity (Wildman–Crippen MR) is 93.1 cm³/mol.